The Morgan fingerprint density at radius 3 is 2.16 bits per heavy atom. The summed E-state index contributed by atoms with van der Waals surface area (Å²) in [6.07, 6.45) is -2.55. The van der Waals surface area contributed by atoms with Crippen LogP contribution in [-0.2, 0) is 6.18 Å². The number of hydrogen-bond donors (Lipinski definition) is 1. The number of nitrogens with zero attached hydrogens (tertiary/aromatic N) is 2. The SMILES string of the molecule is CNc1ccc(-n2nc(C(F)(F)F)cc2-c2ccc(SC)cc2)cc1. The zero-order valence-electron chi connectivity index (χ0n) is 13.6. The largest absolute Gasteiger partial charge is 0.435 e. The van der Waals surface area contributed by atoms with Gasteiger partial charge in [-0.05, 0) is 48.7 Å². The van der Waals surface area contributed by atoms with Crippen LogP contribution in [0.15, 0.2) is 59.5 Å². The zero-order chi connectivity index (χ0) is 18.0. The number of aromatic nitrogens is 2. The van der Waals surface area contributed by atoms with Crippen molar-refractivity contribution in [3.05, 3.63) is 60.3 Å². The summed E-state index contributed by atoms with van der Waals surface area (Å²) in [6, 6.07) is 15.5. The van der Waals surface area contributed by atoms with Crippen molar-refractivity contribution in [1.29, 1.82) is 0 Å². The molecule has 3 rings (SSSR count). The van der Waals surface area contributed by atoms with Crippen molar-refractivity contribution in [2.75, 3.05) is 18.6 Å². The van der Waals surface area contributed by atoms with Gasteiger partial charge >= 0.3 is 6.18 Å². The molecule has 2 aromatic carbocycles. The molecule has 0 fully saturated rings. The van der Waals surface area contributed by atoms with Gasteiger partial charge in [-0.3, -0.25) is 0 Å². The quantitative estimate of drug-likeness (QED) is 0.636. The second-order valence-corrected chi connectivity index (χ2v) is 6.23. The monoisotopic (exact) mass is 363 g/mol. The number of hydrogen-bond acceptors (Lipinski definition) is 3. The highest BCUT2D eigenvalue weighted by atomic mass is 32.2. The van der Waals surface area contributed by atoms with Crippen molar-refractivity contribution in [3.63, 3.8) is 0 Å². The molecule has 0 unspecified atom stereocenters. The maximum Gasteiger partial charge on any atom is 0.435 e. The van der Waals surface area contributed by atoms with Crippen LogP contribution in [0, 0.1) is 0 Å². The van der Waals surface area contributed by atoms with Gasteiger partial charge in [-0.1, -0.05) is 12.1 Å². The average molecular weight is 363 g/mol. The Balaban J connectivity index is 2.12. The maximum atomic E-state index is 13.2. The molecule has 0 amide bonds. The Kier molecular flexibility index (Phi) is 4.76. The lowest BCUT2D eigenvalue weighted by molar-refractivity contribution is -0.141. The van der Waals surface area contributed by atoms with E-state index in [1.807, 2.05) is 30.5 Å². The minimum atomic E-state index is -4.50. The number of rotatable bonds is 4. The fourth-order valence-corrected chi connectivity index (χ4v) is 2.86. The third kappa shape index (κ3) is 3.66. The van der Waals surface area contributed by atoms with Crippen molar-refractivity contribution in [1.82, 2.24) is 9.78 Å². The normalized spacial score (nSPS) is 11.6. The summed E-state index contributed by atoms with van der Waals surface area (Å²) in [7, 11) is 1.78. The standard InChI is InChI=1S/C18H16F3N3S/c1-22-13-5-7-14(8-6-13)24-16(11-17(23-24)18(19,20)21)12-3-9-15(25-2)10-4-12/h3-11,22H,1-2H3. The second-order valence-electron chi connectivity index (χ2n) is 5.35. The predicted octanol–water partition coefficient (Wildman–Crippen LogP) is 5.32. The molecule has 1 heterocycles. The van der Waals surface area contributed by atoms with E-state index in [0.29, 0.717) is 16.9 Å². The van der Waals surface area contributed by atoms with Gasteiger partial charge < -0.3 is 5.32 Å². The summed E-state index contributed by atoms with van der Waals surface area (Å²) in [5, 5.41) is 6.77. The third-order valence-corrected chi connectivity index (χ3v) is 4.53. The molecule has 130 valence electrons. The highest BCUT2D eigenvalue weighted by molar-refractivity contribution is 7.98. The molecule has 3 aromatic rings. The number of anilines is 1. The lowest BCUT2D eigenvalue weighted by Gasteiger charge is -2.09. The van der Waals surface area contributed by atoms with Crippen molar-refractivity contribution in [2.24, 2.45) is 0 Å². The molecule has 0 saturated carbocycles. The number of halogens is 3. The van der Waals surface area contributed by atoms with E-state index < -0.39 is 11.9 Å². The Labute approximate surface area is 147 Å². The van der Waals surface area contributed by atoms with Crippen LogP contribution in [0.4, 0.5) is 18.9 Å². The second kappa shape index (κ2) is 6.84. The summed E-state index contributed by atoms with van der Waals surface area (Å²) in [5.74, 6) is 0. The smallest absolute Gasteiger partial charge is 0.388 e. The van der Waals surface area contributed by atoms with Crippen molar-refractivity contribution in [2.45, 2.75) is 11.1 Å². The molecule has 0 spiro atoms. The van der Waals surface area contributed by atoms with E-state index in [0.717, 1.165) is 16.6 Å². The molecule has 0 aliphatic rings. The van der Waals surface area contributed by atoms with Crippen LogP contribution in [0.2, 0.25) is 0 Å². The first-order valence-corrected chi connectivity index (χ1v) is 8.74. The lowest BCUT2D eigenvalue weighted by Crippen LogP contribution is -2.07. The van der Waals surface area contributed by atoms with E-state index in [-0.39, 0.29) is 0 Å². The van der Waals surface area contributed by atoms with E-state index in [4.69, 9.17) is 0 Å². The van der Waals surface area contributed by atoms with E-state index in [9.17, 15) is 13.2 Å². The summed E-state index contributed by atoms with van der Waals surface area (Å²) in [5.41, 5.74) is 1.61. The van der Waals surface area contributed by atoms with Gasteiger partial charge in [-0.15, -0.1) is 11.8 Å². The van der Waals surface area contributed by atoms with Gasteiger partial charge in [0.25, 0.3) is 0 Å². The summed E-state index contributed by atoms with van der Waals surface area (Å²) < 4.78 is 40.8. The molecular weight excluding hydrogens is 347 g/mol. The number of thioether (sulfide) groups is 1. The van der Waals surface area contributed by atoms with Crippen LogP contribution in [0.3, 0.4) is 0 Å². The van der Waals surface area contributed by atoms with Gasteiger partial charge in [-0.2, -0.15) is 18.3 Å². The maximum absolute atomic E-state index is 13.2. The Hall–Kier alpha value is -2.41. The highest BCUT2D eigenvalue weighted by Crippen LogP contribution is 2.33. The molecule has 7 heteroatoms. The first kappa shape index (κ1) is 17.4. The van der Waals surface area contributed by atoms with Crippen LogP contribution in [0.1, 0.15) is 5.69 Å². The van der Waals surface area contributed by atoms with E-state index in [1.54, 1.807) is 43.1 Å². The number of benzene rings is 2. The molecule has 0 saturated heterocycles. The fourth-order valence-electron chi connectivity index (χ4n) is 2.45. The minimum absolute atomic E-state index is 0.400. The molecule has 0 atom stereocenters. The zero-order valence-corrected chi connectivity index (χ0v) is 14.4. The Morgan fingerprint density at radius 1 is 1.00 bits per heavy atom. The first-order chi connectivity index (χ1) is 11.9. The predicted molar refractivity (Wildman–Crippen MR) is 95.3 cm³/mol. The van der Waals surface area contributed by atoms with Crippen molar-refractivity contribution >= 4 is 17.4 Å². The van der Waals surface area contributed by atoms with E-state index >= 15 is 0 Å². The molecule has 0 aliphatic heterocycles. The van der Waals surface area contributed by atoms with Gasteiger partial charge in [0.15, 0.2) is 5.69 Å². The van der Waals surface area contributed by atoms with Gasteiger partial charge in [-0.25, -0.2) is 4.68 Å². The van der Waals surface area contributed by atoms with Gasteiger partial charge in [0.05, 0.1) is 11.4 Å². The fraction of sp³-hybridized carbons (Fsp3) is 0.167. The van der Waals surface area contributed by atoms with Gasteiger partial charge in [0.2, 0.25) is 0 Å². The topological polar surface area (TPSA) is 29.9 Å². The molecule has 1 aromatic heterocycles. The minimum Gasteiger partial charge on any atom is -0.388 e. The van der Waals surface area contributed by atoms with Crippen molar-refractivity contribution in [3.8, 4) is 16.9 Å². The van der Waals surface area contributed by atoms with Crippen LogP contribution < -0.4 is 5.32 Å². The van der Waals surface area contributed by atoms with Crippen molar-refractivity contribution < 1.29 is 13.2 Å². The van der Waals surface area contributed by atoms with Crippen LogP contribution >= 0.6 is 11.8 Å². The molecule has 0 aliphatic carbocycles. The third-order valence-electron chi connectivity index (χ3n) is 3.79. The first-order valence-electron chi connectivity index (χ1n) is 7.52. The molecule has 1 N–H and O–H groups in total. The summed E-state index contributed by atoms with van der Waals surface area (Å²) in [4.78, 5) is 1.05. The summed E-state index contributed by atoms with van der Waals surface area (Å²) in [6.45, 7) is 0. The van der Waals surface area contributed by atoms with Gasteiger partial charge in [0, 0.05) is 23.2 Å². The molecule has 0 bridgehead atoms. The average Bonchev–Trinajstić information content (AvgIpc) is 3.07. The summed E-state index contributed by atoms with van der Waals surface area (Å²) >= 11 is 1.58. The molecule has 25 heavy (non-hydrogen) atoms. The Morgan fingerprint density at radius 2 is 1.64 bits per heavy atom. The Bertz CT molecular complexity index is 788. The molecule has 3 nitrogen and oxygen atoms in total. The van der Waals surface area contributed by atoms with Gasteiger partial charge in [0.1, 0.15) is 0 Å². The highest BCUT2D eigenvalue weighted by Gasteiger charge is 2.35. The number of nitrogens with one attached hydrogen (secondary N) is 1. The lowest BCUT2D eigenvalue weighted by atomic mass is 10.1. The number of alkyl halides is 3. The van der Waals surface area contributed by atoms with Crippen LogP contribution in [0.5, 0.6) is 0 Å². The van der Waals surface area contributed by atoms with Crippen LogP contribution in [0.25, 0.3) is 16.9 Å². The molecule has 0 radical (unpaired) electrons. The van der Waals surface area contributed by atoms with E-state index in [1.165, 1.54) is 4.68 Å². The van der Waals surface area contributed by atoms with E-state index in [2.05, 4.69) is 10.4 Å². The van der Waals surface area contributed by atoms with Crippen LogP contribution in [-0.4, -0.2) is 23.1 Å². The molecular formula is C18H16F3N3S.